The Labute approximate surface area is 192 Å². The van der Waals surface area contributed by atoms with E-state index in [1.807, 2.05) is 66.7 Å². The number of hydrogen-bond donors (Lipinski definition) is 2. The molecule has 33 heavy (non-hydrogen) atoms. The van der Waals surface area contributed by atoms with Gasteiger partial charge in [0.05, 0.1) is 0 Å². The van der Waals surface area contributed by atoms with Gasteiger partial charge in [-0.15, -0.1) is 0 Å². The number of carboxylic acids is 1. The predicted molar refractivity (Wildman–Crippen MR) is 126 cm³/mol. The van der Waals surface area contributed by atoms with Gasteiger partial charge in [0.1, 0.15) is 6.04 Å². The highest BCUT2D eigenvalue weighted by molar-refractivity contribution is 5.97. The smallest absolute Gasteiger partial charge is 0.326 e. The SMILES string of the molecule is NC(=O)CC[C@@H](C(=O)O)N(C(=O)c1ccc(-c2ccccc2)cc1)C1Cc2ccccc2C1. The fourth-order valence-corrected chi connectivity index (χ4v) is 4.54. The first-order valence-electron chi connectivity index (χ1n) is 11.0. The zero-order valence-corrected chi connectivity index (χ0v) is 18.2. The molecule has 2 amide bonds. The Morgan fingerprint density at radius 3 is 1.94 bits per heavy atom. The molecule has 1 atom stereocenters. The Morgan fingerprint density at radius 2 is 1.39 bits per heavy atom. The molecule has 0 fully saturated rings. The van der Waals surface area contributed by atoms with Crippen LogP contribution in [-0.2, 0) is 22.4 Å². The molecule has 3 N–H and O–H groups in total. The molecule has 0 saturated heterocycles. The van der Waals surface area contributed by atoms with Crippen LogP contribution in [-0.4, -0.2) is 39.9 Å². The average Bonchev–Trinajstić information content (AvgIpc) is 3.25. The second kappa shape index (κ2) is 9.69. The summed E-state index contributed by atoms with van der Waals surface area (Å²) in [7, 11) is 0. The third kappa shape index (κ3) is 4.95. The second-order valence-electron chi connectivity index (χ2n) is 8.35. The Balaban J connectivity index is 1.65. The van der Waals surface area contributed by atoms with Crippen LogP contribution in [0.2, 0.25) is 0 Å². The molecule has 1 aliphatic carbocycles. The topological polar surface area (TPSA) is 101 Å². The normalized spacial score (nSPS) is 13.8. The van der Waals surface area contributed by atoms with Crippen LogP contribution >= 0.6 is 0 Å². The summed E-state index contributed by atoms with van der Waals surface area (Å²) in [6.45, 7) is 0. The van der Waals surface area contributed by atoms with Gasteiger partial charge in [0.2, 0.25) is 5.91 Å². The van der Waals surface area contributed by atoms with Gasteiger partial charge in [-0.1, -0.05) is 66.7 Å². The highest BCUT2D eigenvalue weighted by Crippen LogP contribution is 2.29. The van der Waals surface area contributed by atoms with Gasteiger partial charge in [-0.25, -0.2) is 4.79 Å². The zero-order chi connectivity index (χ0) is 23.4. The maximum absolute atomic E-state index is 13.7. The Kier molecular flexibility index (Phi) is 6.54. The van der Waals surface area contributed by atoms with Crippen LogP contribution in [0.3, 0.4) is 0 Å². The number of carbonyl (C=O) groups is 3. The van der Waals surface area contributed by atoms with Crippen molar-refractivity contribution in [2.24, 2.45) is 5.73 Å². The van der Waals surface area contributed by atoms with Gasteiger partial charge in [-0.05, 0) is 53.6 Å². The van der Waals surface area contributed by atoms with Gasteiger partial charge in [0, 0.05) is 18.0 Å². The first-order chi connectivity index (χ1) is 15.9. The van der Waals surface area contributed by atoms with Gasteiger partial charge in [0.15, 0.2) is 0 Å². The highest BCUT2D eigenvalue weighted by Gasteiger charge is 2.38. The van der Waals surface area contributed by atoms with E-state index in [1.165, 1.54) is 4.90 Å². The minimum Gasteiger partial charge on any atom is -0.480 e. The van der Waals surface area contributed by atoms with E-state index < -0.39 is 17.9 Å². The highest BCUT2D eigenvalue weighted by atomic mass is 16.4. The fraction of sp³-hybridized carbons (Fsp3) is 0.222. The predicted octanol–water partition coefficient (Wildman–Crippen LogP) is 3.68. The van der Waals surface area contributed by atoms with E-state index in [0.717, 1.165) is 22.3 Å². The van der Waals surface area contributed by atoms with Gasteiger partial charge in [0.25, 0.3) is 5.91 Å². The molecule has 0 aliphatic heterocycles. The van der Waals surface area contributed by atoms with Crippen LogP contribution in [0.5, 0.6) is 0 Å². The lowest BCUT2D eigenvalue weighted by Gasteiger charge is -2.34. The number of rotatable bonds is 8. The van der Waals surface area contributed by atoms with E-state index in [-0.39, 0.29) is 24.8 Å². The number of carbonyl (C=O) groups excluding carboxylic acids is 2. The number of fused-ring (bicyclic) bond motifs is 1. The van der Waals surface area contributed by atoms with Crippen LogP contribution in [0.25, 0.3) is 11.1 Å². The standard InChI is InChI=1S/C27H26N2O4/c28-25(30)15-14-24(27(32)33)29(23-16-21-8-4-5-9-22(21)17-23)26(31)20-12-10-19(11-13-20)18-6-2-1-3-7-18/h1-13,23-24H,14-17H2,(H2,28,30)(H,32,33)/t24-/m0/s1. The van der Waals surface area contributed by atoms with Crippen molar-refractivity contribution in [3.05, 3.63) is 95.6 Å². The lowest BCUT2D eigenvalue weighted by atomic mass is 10.0. The van der Waals surface area contributed by atoms with Crippen molar-refractivity contribution in [1.29, 1.82) is 0 Å². The van der Waals surface area contributed by atoms with Crippen molar-refractivity contribution in [2.45, 2.75) is 37.8 Å². The van der Waals surface area contributed by atoms with Crippen LogP contribution in [0, 0.1) is 0 Å². The van der Waals surface area contributed by atoms with Crippen molar-refractivity contribution < 1.29 is 19.5 Å². The third-order valence-corrected chi connectivity index (χ3v) is 6.18. The van der Waals surface area contributed by atoms with Gasteiger partial charge in [-0.3, -0.25) is 9.59 Å². The Bertz CT molecular complexity index is 1130. The van der Waals surface area contributed by atoms with E-state index in [0.29, 0.717) is 18.4 Å². The summed E-state index contributed by atoms with van der Waals surface area (Å²) in [6.07, 6.45) is 1.02. The van der Waals surface area contributed by atoms with Crippen molar-refractivity contribution >= 4 is 17.8 Å². The minimum atomic E-state index is -1.14. The molecule has 3 aromatic carbocycles. The number of hydrogen-bond acceptors (Lipinski definition) is 3. The molecule has 0 radical (unpaired) electrons. The number of nitrogens with zero attached hydrogens (tertiary/aromatic N) is 1. The summed E-state index contributed by atoms with van der Waals surface area (Å²) in [5.74, 6) is -2.08. The minimum absolute atomic E-state index is 0.0225. The van der Waals surface area contributed by atoms with Crippen LogP contribution in [0.4, 0.5) is 0 Å². The molecule has 6 nitrogen and oxygen atoms in total. The van der Waals surface area contributed by atoms with Gasteiger partial charge in [-0.2, -0.15) is 0 Å². The Morgan fingerprint density at radius 1 is 0.848 bits per heavy atom. The maximum atomic E-state index is 13.7. The molecule has 3 aromatic rings. The average molecular weight is 443 g/mol. The molecular formula is C27H26N2O4. The zero-order valence-electron chi connectivity index (χ0n) is 18.2. The van der Waals surface area contributed by atoms with Crippen molar-refractivity contribution in [1.82, 2.24) is 4.90 Å². The quantitative estimate of drug-likeness (QED) is 0.556. The molecule has 1 aliphatic rings. The van der Waals surface area contributed by atoms with E-state index in [1.54, 1.807) is 12.1 Å². The lowest BCUT2D eigenvalue weighted by molar-refractivity contribution is -0.143. The molecule has 4 rings (SSSR count). The summed E-state index contributed by atoms with van der Waals surface area (Å²) in [6, 6.07) is 23.5. The Hall–Kier alpha value is -3.93. The van der Waals surface area contributed by atoms with Crippen LogP contribution in [0.15, 0.2) is 78.9 Å². The first kappa shape index (κ1) is 22.3. The monoisotopic (exact) mass is 442 g/mol. The van der Waals surface area contributed by atoms with Crippen molar-refractivity contribution in [3.63, 3.8) is 0 Å². The molecule has 0 spiro atoms. The molecule has 168 valence electrons. The van der Waals surface area contributed by atoms with E-state index in [2.05, 4.69) is 0 Å². The number of aliphatic carboxylic acids is 1. The summed E-state index contributed by atoms with van der Waals surface area (Å²) >= 11 is 0. The van der Waals surface area contributed by atoms with Crippen LogP contribution < -0.4 is 5.73 Å². The van der Waals surface area contributed by atoms with E-state index in [9.17, 15) is 19.5 Å². The molecule has 0 aromatic heterocycles. The maximum Gasteiger partial charge on any atom is 0.326 e. The number of carboxylic acid groups (broad SMARTS) is 1. The fourth-order valence-electron chi connectivity index (χ4n) is 4.54. The van der Waals surface area contributed by atoms with E-state index in [4.69, 9.17) is 5.73 Å². The first-order valence-corrected chi connectivity index (χ1v) is 11.0. The molecule has 0 heterocycles. The summed E-state index contributed by atoms with van der Waals surface area (Å²) in [4.78, 5) is 38.7. The number of benzene rings is 3. The number of amides is 2. The third-order valence-electron chi connectivity index (χ3n) is 6.18. The van der Waals surface area contributed by atoms with Crippen molar-refractivity contribution in [2.75, 3.05) is 0 Å². The van der Waals surface area contributed by atoms with Crippen LogP contribution in [0.1, 0.15) is 34.3 Å². The van der Waals surface area contributed by atoms with Gasteiger partial charge >= 0.3 is 5.97 Å². The lowest BCUT2D eigenvalue weighted by Crippen LogP contribution is -2.51. The summed E-state index contributed by atoms with van der Waals surface area (Å²) < 4.78 is 0. The van der Waals surface area contributed by atoms with Gasteiger partial charge < -0.3 is 15.7 Å². The number of nitrogens with two attached hydrogens (primary N) is 1. The molecular weight excluding hydrogens is 416 g/mol. The summed E-state index contributed by atoms with van der Waals surface area (Å²) in [5, 5.41) is 9.98. The molecule has 0 unspecified atom stereocenters. The van der Waals surface area contributed by atoms with Crippen molar-refractivity contribution in [3.8, 4) is 11.1 Å². The second-order valence-corrected chi connectivity index (χ2v) is 8.35. The number of primary amides is 1. The molecule has 0 saturated carbocycles. The molecule has 6 heteroatoms. The molecule has 0 bridgehead atoms. The van der Waals surface area contributed by atoms with E-state index >= 15 is 0 Å². The summed E-state index contributed by atoms with van der Waals surface area (Å²) in [5.41, 5.74) is 9.92. The largest absolute Gasteiger partial charge is 0.480 e.